The number of fused-ring (bicyclic) bond motifs is 1. The standard InChI is InChI=1S/C13H9N5OS/c1-3-14-13-15-10(7-18(13)4-1)12-16-11(17-19-12)6-9-2-5-20-8-9/h1-5,7-8H,6H2. The van der Waals surface area contributed by atoms with Crippen LogP contribution in [0.5, 0.6) is 0 Å². The van der Waals surface area contributed by atoms with E-state index in [4.69, 9.17) is 4.52 Å². The molecule has 4 aromatic heterocycles. The van der Waals surface area contributed by atoms with Gasteiger partial charge in [0.15, 0.2) is 5.82 Å². The van der Waals surface area contributed by atoms with Crippen molar-refractivity contribution in [2.45, 2.75) is 6.42 Å². The molecule has 0 saturated heterocycles. The van der Waals surface area contributed by atoms with Gasteiger partial charge in [0.1, 0.15) is 5.69 Å². The van der Waals surface area contributed by atoms with Gasteiger partial charge in [0.25, 0.3) is 5.89 Å². The van der Waals surface area contributed by atoms with Crippen LogP contribution >= 0.6 is 11.3 Å². The van der Waals surface area contributed by atoms with E-state index in [1.165, 1.54) is 5.56 Å². The van der Waals surface area contributed by atoms with Gasteiger partial charge in [0.2, 0.25) is 5.78 Å². The van der Waals surface area contributed by atoms with Crippen LogP contribution in [0, 0.1) is 0 Å². The molecule has 4 rings (SSSR count). The van der Waals surface area contributed by atoms with Crippen LogP contribution in [0.1, 0.15) is 11.4 Å². The molecule has 7 heteroatoms. The lowest BCUT2D eigenvalue weighted by molar-refractivity contribution is 0.423. The maximum absolute atomic E-state index is 5.27. The van der Waals surface area contributed by atoms with Crippen molar-refractivity contribution in [1.82, 2.24) is 24.5 Å². The second kappa shape index (κ2) is 4.53. The van der Waals surface area contributed by atoms with Crippen molar-refractivity contribution < 1.29 is 4.52 Å². The third kappa shape index (κ3) is 1.97. The average molecular weight is 283 g/mol. The summed E-state index contributed by atoms with van der Waals surface area (Å²) in [6.07, 6.45) is 6.06. The maximum atomic E-state index is 5.27. The minimum atomic E-state index is 0.417. The number of hydrogen-bond acceptors (Lipinski definition) is 6. The second-order valence-corrected chi connectivity index (χ2v) is 5.06. The summed E-state index contributed by atoms with van der Waals surface area (Å²) in [5.74, 6) is 1.68. The smallest absolute Gasteiger partial charge is 0.278 e. The van der Waals surface area contributed by atoms with E-state index >= 15 is 0 Å². The summed E-state index contributed by atoms with van der Waals surface area (Å²) in [4.78, 5) is 12.9. The van der Waals surface area contributed by atoms with Crippen molar-refractivity contribution in [3.05, 3.63) is 52.9 Å². The quantitative estimate of drug-likeness (QED) is 0.577. The molecule has 4 heterocycles. The Morgan fingerprint density at radius 2 is 2.30 bits per heavy atom. The van der Waals surface area contributed by atoms with Crippen molar-refractivity contribution in [3.63, 3.8) is 0 Å². The van der Waals surface area contributed by atoms with Crippen molar-refractivity contribution in [1.29, 1.82) is 0 Å². The first-order chi connectivity index (χ1) is 9.88. The SMILES string of the molecule is c1cnc2nc(-c3nc(Cc4ccsc4)no3)cn2c1. The van der Waals surface area contributed by atoms with Crippen LogP contribution < -0.4 is 0 Å². The average Bonchev–Trinajstić information content (AvgIpc) is 3.18. The van der Waals surface area contributed by atoms with Gasteiger partial charge in [-0.05, 0) is 28.5 Å². The third-order valence-electron chi connectivity index (χ3n) is 2.87. The Hall–Kier alpha value is -2.54. The molecule has 0 radical (unpaired) electrons. The largest absolute Gasteiger partial charge is 0.332 e. The molecule has 98 valence electrons. The molecule has 0 N–H and O–H groups in total. The van der Waals surface area contributed by atoms with Crippen molar-refractivity contribution in [2.75, 3.05) is 0 Å². The van der Waals surface area contributed by atoms with Crippen molar-refractivity contribution in [3.8, 4) is 11.6 Å². The highest BCUT2D eigenvalue weighted by Gasteiger charge is 2.13. The maximum Gasteiger partial charge on any atom is 0.278 e. The number of rotatable bonds is 3. The van der Waals surface area contributed by atoms with Gasteiger partial charge in [-0.25, -0.2) is 9.97 Å². The molecule has 0 aliphatic heterocycles. The molecule has 6 nitrogen and oxygen atoms in total. The van der Waals surface area contributed by atoms with Gasteiger partial charge in [0.05, 0.1) is 0 Å². The number of nitrogens with zero attached hydrogens (tertiary/aromatic N) is 5. The molecular formula is C13H9N5OS. The van der Waals surface area contributed by atoms with Gasteiger partial charge in [-0.3, -0.25) is 4.40 Å². The highest BCUT2D eigenvalue weighted by Crippen LogP contribution is 2.18. The highest BCUT2D eigenvalue weighted by atomic mass is 32.1. The lowest BCUT2D eigenvalue weighted by atomic mass is 10.2. The topological polar surface area (TPSA) is 69.1 Å². The molecule has 0 atom stereocenters. The van der Waals surface area contributed by atoms with E-state index in [9.17, 15) is 0 Å². The molecule has 20 heavy (non-hydrogen) atoms. The molecular weight excluding hydrogens is 274 g/mol. The van der Waals surface area contributed by atoms with Gasteiger partial charge >= 0.3 is 0 Å². The van der Waals surface area contributed by atoms with E-state index in [0.29, 0.717) is 29.6 Å². The molecule has 0 bridgehead atoms. The van der Waals surface area contributed by atoms with Gasteiger partial charge < -0.3 is 4.52 Å². The Kier molecular flexibility index (Phi) is 2.56. The van der Waals surface area contributed by atoms with Crippen molar-refractivity contribution >= 4 is 17.1 Å². The fourth-order valence-electron chi connectivity index (χ4n) is 1.94. The molecule has 0 fully saturated rings. The highest BCUT2D eigenvalue weighted by molar-refractivity contribution is 7.07. The van der Waals surface area contributed by atoms with Gasteiger partial charge in [-0.2, -0.15) is 16.3 Å². The predicted molar refractivity (Wildman–Crippen MR) is 73.4 cm³/mol. The normalized spacial score (nSPS) is 11.2. The summed E-state index contributed by atoms with van der Waals surface area (Å²) in [6.45, 7) is 0. The Labute approximate surface area is 117 Å². The zero-order chi connectivity index (χ0) is 13.4. The molecule has 0 aliphatic carbocycles. The van der Waals surface area contributed by atoms with E-state index in [0.717, 1.165) is 0 Å². The fourth-order valence-corrected chi connectivity index (χ4v) is 2.61. The summed E-state index contributed by atoms with van der Waals surface area (Å²) >= 11 is 1.65. The first-order valence-electron chi connectivity index (χ1n) is 6.02. The Morgan fingerprint density at radius 1 is 1.30 bits per heavy atom. The summed E-state index contributed by atoms with van der Waals surface area (Å²) in [7, 11) is 0. The molecule has 0 aromatic carbocycles. The van der Waals surface area contributed by atoms with Crippen LogP contribution in [-0.4, -0.2) is 24.5 Å². The Bertz CT molecular complexity index is 816. The van der Waals surface area contributed by atoms with Crippen LogP contribution in [0.4, 0.5) is 0 Å². The fraction of sp³-hybridized carbons (Fsp3) is 0.0769. The zero-order valence-electron chi connectivity index (χ0n) is 10.3. The lowest BCUT2D eigenvalue weighted by Crippen LogP contribution is -1.88. The Balaban J connectivity index is 1.67. The molecule has 0 saturated carbocycles. The summed E-state index contributed by atoms with van der Waals surface area (Å²) in [6, 6.07) is 3.89. The number of hydrogen-bond donors (Lipinski definition) is 0. The minimum absolute atomic E-state index is 0.417. The second-order valence-electron chi connectivity index (χ2n) is 4.28. The summed E-state index contributed by atoms with van der Waals surface area (Å²) in [5, 5.41) is 8.09. The molecule has 0 amide bonds. The molecule has 4 aromatic rings. The number of thiophene rings is 1. The van der Waals surface area contributed by atoms with E-state index in [1.807, 2.05) is 28.2 Å². The first kappa shape index (κ1) is 11.3. The predicted octanol–water partition coefficient (Wildman–Crippen LogP) is 2.43. The van der Waals surface area contributed by atoms with Crippen LogP contribution in [0.3, 0.4) is 0 Å². The summed E-state index contributed by atoms with van der Waals surface area (Å²) < 4.78 is 7.09. The number of aromatic nitrogens is 5. The third-order valence-corrected chi connectivity index (χ3v) is 3.60. The minimum Gasteiger partial charge on any atom is -0.332 e. The van der Waals surface area contributed by atoms with E-state index in [2.05, 4.69) is 31.6 Å². The molecule has 0 aliphatic rings. The van der Waals surface area contributed by atoms with E-state index in [1.54, 1.807) is 17.5 Å². The van der Waals surface area contributed by atoms with Crippen LogP contribution in [0.15, 0.2) is 46.0 Å². The van der Waals surface area contributed by atoms with E-state index in [-0.39, 0.29) is 0 Å². The van der Waals surface area contributed by atoms with Crippen LogP contribution in [0.25, 0.3) is 17.4 Å². The zero-order valence-corrected chi connectivity index (χ0v) is 11.1. The van der Waals surface area contributed by atoms with Gasteiger partial charge in [0, 0.05) is 25.0 Å². The molecule has 0 unspecified atom stereocenters. The van der Waals surface area contributed by atoms with Crippen LogP contribution in [0.2, 0.25) is 0 Å². The molecule has 0 spiro atoms. The van der Waals surface area contributed by atoms with Gasteiger partial charge in [-0.15, -0.1) is 0 Å². The van der Waals surface area contributed by atoms with Gasteiger partial charge in [-0.1, -0.05) is 5.16 Å². The van der Waals surface area contributed by atoms with E-state index < -0.39 is 0 Å². The lowest BCUT2D eigenvalue weighted by Gasteiger charge is -1.87. The number of imidazole rings is 1. The van der Waals surface area contributed by atoms with Crippen molar-refractivity contribution in [2.24, 2.45) is 0 Å². The Morgan fingerprint density at radius 3 is 3.15 bits per heavy atom. The first-order valence-corrected chi connectivity index (χ1v) is 6.96. The monoisotopic (exact) mass is 283 g/mol. The summed E-state index contributed by atoms with van der Waals surface area (Å²) in [5.41, 5.74) is 1.81. The van der Waals surface area contributed by atoms with Crippen LogP contribution in [-0.2, 0) is 6.42 Å².